The monoisotopic (exact) mass is 611 g/mol. The van der Waals surface area contributed by atoms with Crippen LogP contribution >= 0.6 is 0 Å². The van der Waals surface area contributed by atoms with E-state index in [2.05, 4.69) is 140 Å². The largest absolute Gasteiger partial charge is 0.208 e. The third-order valence-electron chi connectivity index (χ3n) is 9.08. The van der Waals surface area contributed by atoms with E-state index in [0.29, 0.717) is 17.5 Å². The maximum absolute atomic E-state index is 5.13. The van der Waals surface area contributed by atoms with Gasteiger partial charge in [0.05, 0.1) is 0 Å². The molecule has 0 amide bonds. The van der Waals surface area contributed by atoms with Gasteiger partial charge in [-0.25, -0.2) is 15.0 Å². The highest BCUT2D eigenvalue weighted by atomic mass is 15.0. The summed E-state index contributed by atoms with van der Waals surface area (Å²) in [4.78, 5) is 15.2. The maximum atomic E-state index is 5.13. The number of nitrogens with zero attached hydrogens (tertiary/aromatic N) is 3. The average Bonchev–Trinajstić information content (AvgIpc) is 3.17. The van der Waals surface area contributed by atoms with Crippen LogP contribution in [0.4, 0.5) is 0 Å². The molecule has 9 rings (SSSR count). The van der Waals surface area contributed by atoms with Crippen molar-refractivity contribution in [3.63, 3.8) is 0 Å². The van der Waals surface area contributed by atoms with Gasteiger partial charge in [-0.1, -0.05) is 152 Å². The molecule has 0 radical (unpaired) electrons. The lowest BCUT2D eigenvalue weighted by molar-refractivity contribution is 1.08. The quantitative estimate of drug-likeness (QED) is 0.194. The molecule has 0 aliphatic carbocycles. The molecule has 0 atom stereocenters. The van der Waals surface area contributed by atoms with Crippen LogP contribution in [0.1, 0.15) is 0 Å². The van der Waals surface area contributed by atoms with Gasteiger partial charge in [-0.2, -0.15) is 0 Å². The summed E-state index contributed by atoms with van der Waals surface area (Å²) in [5.41, 5.74) is 7.63. The Hall–Kier alpha value is -6.45. The zero-order valence-corrected chi connectivity index (χ0v) is 26.1. The Balaban J connectivity index is 1.18. The van der Waals surface area contributed by atoms with Crippen LogP contribution in [0.3, 0.4) is 0 Å². The number of rotatable bonds is 5. The van der Waals surface area contributed by atoms with Crippen molar-refractivity contribution in [3.05, 3.63) is 176 Å². The lowest BCUT2D eigenvalue weighted by Gasteiger charge is -2.12. The Morgan fingerprint density at radius 2 is 0.729 bits per heavy atom. The molecule has 3 heteroatoms. The molecule has 0 spiro atoms. The van der Waals surface area contributed by atoms with Crippen molar-refractivity contribution in [1.29, 1.82) is 0 Å². The van der Waals surface area contributed by atoms with Crippen molar-refractivity contribution < 1.29 is 0 Å². The fourth-order valence-electron chi connectivity index (χ4n) is 6.56. The smallest absolute Gasteiger partial charge is 0.164 e. The number of benzene rings is 8. The minimum absolute atomic E-state index is 0.648. The van der Waals surface area contributed by atoms with E-state index in [0.717, 1.165) is 32.8 Å². The van der Waals surface area contributed by atoms with Crippen molar-refractivity contribution >= 4 is 32.3 Å². The van der Waals surface area contributed by atoms with Crippen LogP contribution in [0, 0.1) is 0 Å². The van der Waals surface area contributed by atoms with Crippen LogP contribution < -0.4 is 0 Å². The Morgan fingerprint density at radius 3 is 1.48 bits per heavy atom. The highest BCUT2D eigenvalue weighted by Crippen LogP contribution is 2.34. The second-order valence-electron chi connectivity index (χ2n) is 12.1. The van der Waals surface area contributed by atoms with E-state index >= 15 is 0 Å². The van der Waals surface area contributed by atoms with Gasteiger partial charge in [0.1, 0.15) is 0 Å². The Morgan fingerprint density at radius 1 is 0.250 bits per heavy atom. The number of hydrogen-bond acceptors (Lipinski definition) is 3. The molecular formula is C45H29N3. The first kappa shape index (κ1) is 27.8. The number of aromatic nitrogens is 3. The summed E-state index contributed by atoms with van der Waals surface area (Å²) in [5.74, 6) is 1.95. The molecule has 0 saturated carbocycles. The summed E-state index contributed by atoms with van der Waals surface area (Å²) in [7, 11) is 0. The lowest BCUT2D eigenvalue weighted by Crippen LogP contribution is -2.00. The topological polar surface area (TPSA) is 38.7 Å². The summed E-state index contributed by atoms with van der Waals surface area (Å²) in [6, 6.07) is 61.8. The van der Waals surface area contributed by atoms with Crippen LogP contribution in [0.25, 0.3) is 88.7 Å². The number of hydrogen-bond donors (Lipinski definition) is 0. The normalized spacial score (nSPS) is 11.3. The molecule has 0 saturated heterocycles. The Kier molecular flexibility index (Phi) is 6.80. The Bertz CT molecular complexity index is 2610. The van der Waals surface area contributed by atoms with Gasteiger partial charge < -0.3 is 0 Å². The van der Waals surface area contributed by atoms with E-state index in [-0.39, 0.29) is 0 Å². The molecule has 9 aromatic rings. The summed E-state index contributed by atoms with van der Waals surface area (Å²) in [6.45, 7) is 0. The van der Waals surface area contributed by atoms with Crippen molar-refractivity contribution in [2.75, 3.05) is 0 Å². The summed E-state index contributed by atoms with van der Waals surface area (Å²) >= 11 is 0. The first-order valence-corrected chi connectivity index (χ1v) is 16.2. The minimum Gasteiger partial charge on any atom is -0.208 e. The molecule has 0 fully saturated rings. The molecule has 0 unspecified atom stereocenters. The van der Waals surface area contributed by atoms with Crippen LogP contribution in [0.15, 0.2) is 176 Å². The van der Waals surface area contributed by atoms with E-state index in [4.69, 9.17) is 15.0 Å². The second-order valence-corrected chi connectivity index (χ2v) is 12.1. The Labute approximate surface area is 278 Å². The zero-order valence-electron chi connectivity index (χ0n) is 26.1. The third kappa shape index (κ3) is 5.18. The fourth-order valence-corrected chi connectivity index (χ4v) is 6.56. The van der Waals surface area contributed by atoms with Gasteiger partial charge in [0.25, 0.3) is 0 Å². The average molecular weight is 612 g/mol. The van der Waals surface area contributed by atoms with Gasteiger partial charge in [-0.15, -0.1) is 0 Å². The third-order valence-corrected chi connectivity index (χ3v) is 9.08. The van der Waals surface area contributed by atoms with Crippen molar-refractivity contribution in [2.24, 2.45) is 0 Å². The molecule has 0 N–H and O–H groups in total. The van der Waals surface area contributed by atoms with Gasteiger partial charge in [0.2, 0.25) is 0 Å². The van der Waals surface area contributed by atoms with Gasteiger partial charge in [0, 0.05) is 16.7 Å². The van der Waals surface area contributed by atoms with Gasteiger partial charge in [-0.3, -0.25) is 0 Å². The molecule has 0 aliphatic heterocycles. The van der Waals surface area contributed by atoms with Gasteiger partial charge >= 0.3 is 0 Å². The zero-order chi connectivity index (χ0) is 31.9. The molecule has 1 aromatic heterocycles. The molecule has 1 heterocycles. The highest BCUT2D eigenvalue weighted by Gasteiger charge is 2.15. The van der Waals surface area contributed by atoms with E-state index < -0.39 is 0 Å². The van der Waals surface area contributed by atoms with E-state index in [9.17, 15) is 0 Å². The van der Waals surface area contributed by atoms with Crippen molar-refractivity contribution in [3.8, 4) is 56.4 Å². The second kappa shape index (κ2) is 11.7. The molecule has 8 aromatic carbocycles. The summed E-state index contributed by atoms with van der Waals surface area (Å²) in [5, 5.41) is 7.03. The molecule has 3 nitrogen and oxygen atoms in total. The van der Waals surface area contributed by atoms with Crippen LogP contribution in [0.5, 0.6) is 0 Å². The van der Waals surface area contributed by atoms with Crippen molar-refractivity contribution in [1.82, 2.24) is 15.0 Å². The summed E-state index contributed by atoms with van der Waals surface area (Å²) in [6.07, 6.45) is 0. The molecular weight excluding hydrogens is 583 g/mol. The minimum atomic E-state index is 0.648. The number of fused-ring (bicyclic) bond motifs is 3. The lowest BCUT2D eigenvalue weighted by atomic mass is 9.97. The van der Waals surface area contributed by atoms with E-state index in [1.807, 2.05) is 36.4 Å². The van der Waals surface area contributed by atoms with Crippen LogP contribution in [-0.2, 0) is 0 Å². The molecule has 0 aliphatic rings. The predicted octanol–water partition coefficient (Wildman–Crippen LogP) is 11.7. The standard InChI is InChI=1S/C45H29N3/c1-3-10-30(11-4-1)35-24-25-41-38(27-35)16-9-17-42(41)45-47-43(33-13-5-2-6-14-33)46-44(48-45)39-23-20-32-19-22-37(28-40(32)29-39)36-21-18-31-12-7-8-15-34(31)26-36/h1-29H. The first-order valence-electron chi connectivity index (χ1n) is 16.2. The molecule has 48 heavy (non-hydrogen) atoms. The van der Waals surface area contributed by atoms with E-state index in [1.165, 1.54) is 38.4 Å². The fraction of sp³-hybridized carbons (Fsp3) is 0. The SMILES string of the molecule is c1ccc(-c2ccc3c(-c4nc(-c5ccccc5)nc(-c5ccc6ccc(-c7ccc8ccccc8c7)cc6c5)n4)cccc3c2)cc1. The maximum Gasteiger partial charge on any atom is 0.164 e. The van der Waals surface area contributed by atoms with Crippen LogP contribution in [0.2, 0.25) is 0 Å². The van der Waals surface area contributed by atoms with Crippen molar-refractivity contribution in [2.45, 2.75) is 0 Å². The first-order chi connectivity index (χ1) is 23.7. The predicted molar refractivity (Wildman–Crippen MR) is 200 cm³/mol. The molecule has 224 valence electrons. The highest BCUT2D eigenvalue weighted by molar-refractivity contribution is 5.98. The van der Waals surface area contributed by atoms with Gasteiger partial charge in [0.15, 0.2) is 17.5 Å². The molecule has 0 bridgehead atoms. The van der Waals surface area contributed by atoms with Crippen LogP contribution in [-0.4, -0.2) is 15.0 Å². The van der Waals surface area contributed by atoms with Gasteiger partial charge in [-0.05, 0) is 78.8 Å². The summed E-state index contributed by atoms with van der Waals surface area (Å²) < 4.78 is 0. The van der Waals surface area contributed by atoms with E-state index in [1.54, 1.807) is 0 Å².